The molecule has 2 unspecified atom stereocenters. The number of alkyl halides is 3. The van der Waals surface area contributed by atoms with Crippen molar-refractivity contribution in [3.63, 3.8) is 0 Å². The second-order valence-electron chi connectivity index (χ2n) is 5.61. The smallest absolute Gasteiger partial charge is 0.329 e. The summed E-state index contributed by atoms with van der Waals surface area (Å²) >= 11 is 0. The van der Waals surface area contributed by atoms with Crippen LogP contribution in [0.25, 0.3) is 0 Å². The highest BCUT2D eigenvalue weighted by atomic mass is 19.4. The van der Waals surface area contributed by atoms with E-state index >= 15 is 0 Å². The van der Waals surface area contributed by atoms with Crippen molar-refractivity contribution in [2.45, 2.75) is 38.0 Å². The zero-order valence-electron chi connectivity index (χ0n) is 11.8. The molecule has 1 aliphatic rings. The Labute approximate surface area is 117 Å². The Bertz CT molecular complexity index is 437. The molecule has 5 heteroatoms. The summed E-state index contributed by atoms with van der Waals surface area (Å²) in [5, 5.41) is 0. The molecule has 0 spiro atoms. The van der Waals surface area contributed by atoms with E-state index in [-0.39, 0.29) is 6.04 Å². The van der Waals surface area contributed by atoms with Gasteiger partial charge >= 0.3 is 6.18 Å². The van der Waals surface area contributed by atoms with Crippen LogP contribution >= 0.6 is 0 Å². The van der Waals surface area contributed by atoms with Gasteiger partial charge in [-0.25, -0.2) is 0 Å². The molecular formula is C15H21F3N2. The van der Waals surface area contributed by atoms with Gasteiger partial charge in [-0.1, -0.05) is 12.1 Å². The highest BCUT2D eigenvalue weighted by Gasteiger charge is 2.34. The van der Waals surface area contributed by atoms with Gasteiger partial charge < -0.3 is 5.73 Å². The van der Waals surface area contributed by atoms with Crippen LogP contribution in [-0.4, -0.2) is 24.5 Å². The van der Waals surface area contributed by atoms with Crippen LogP contribution in [0, 0.1) is 5.92 Å². The normalized spacial score (nSPS) is 19.1. The van der Waals surface area contributed by atoms with Gasteiger partial charge in [0.2, 0.25) is 0 Å². The highest BCUT2D eigenvalue weighted by Crippen LogP contribution is 2.37. The van der Waals surface area contributed by atoms with E-state index in [0.717, 1.165) is 17.7 Å². The quantitative estimate of drug-likeness (QED) is 0.898. The van der Waals surface area contributed by atoms with E-state index in [9.17, 15) is 13.2 Å². The Morgan fingerprint density at radius 1 is 1.25 bits per heavy atom. The number of benzene rings is 1. The Hall–Kier alpha value is -1.07. The molecule has 1 aliphatic carbocycles. The molecular weight excluding hydrogens is 265 g/mol. The Morgan fingerprint density at radius 2 is 1.80 bits per heavy atom. The lowest BCUT2D eigenvalue weighted by molar-refractivity contribution is -0.137. The van der Waals surface area contributed by atoms with Gasteiger partial charge in [0.25, 0.3) is 0 Å². The molecule has 2 nitrogen and oxygen atoms in total. The Morgan fingerprint density at radius 3 is 2.20 bits per heavy atom. The fourth-order valence-electron chi connectivity index (χ4n) is 2.63. The minimum atomic E-state index is -4.29. The summed E-state index contributed by atoms with van der Waals surface area (Å²) in [6.45, 7) is 2.56. The fraction of sp³-hybridized carbons (Fsp3) is 0.600. The van der Waals surface area contributed by atoms with Crippen LogP contribution in [0.15, 0.2) is 24.3 Å². The molecule has 0 saturated heterocycles. The number of hydrogen-bond donors (Lipinski definition) is 1. The van der Waals surface area contributed by atoms with Crippen molar-refractivity contribution >= 4 is 0 Å². The van der Waals surface area contributed by atoms with Crippen LogP contribution in [0.4, 0.5) is 13.2 Å². The van der Waals surface area contributed by atoms with E-state index in [1.54, 1.807) is 0 Å². The summed E-state index contributed by atoms with van der Waals surface area (Å²) < 4.78 is 37.7. The average molecular weight is 286 g/mol. The van der Waals surface area contributed by atoms with Crippen molar-refractivity contribution in [3.8, 4) is 0 Å². The van der Waals surface area contributed by atoms with E-state index in [0.29, 0.717) is 18.5 Å². The predicted octanol–water partition coefficient (Wildman–Crippen LogP) is 3.44. The lowest BCUT2D eigenvalue weighted by atomic mass is 10.0. The van der Waals surface area contributed by atoms with Crippen molar-refractivity contribution in [3.05, 3.63) is 35.4 Å². The molecule has 2 N–H and O–H groups in total. The summed E-state index contributed by atoms with van der Waals surface area (Å²) in [5.74, 6) is 0.698. The van der Waals surface area contributed by atoms with Crippen molar-refractivity contribution in [1.82, 2.24) is 4.90 Å². The van der Waals surface area contributed by atoms with Crippen LogP contribution in [0.2, 0.25) is 0 Å². The summed E-state index contributed by atoms with van der Waals surface area (Å²) in [4.78, 5) is 2.18. The summed E-state index contributed by atoms with van der Waals surface area (Å²) in [6, 6.07) is 5.72. The molecule has 0 amide bonds. The summed E-state index contributed by atoms with van der Waals surface area (Å²) in [6.07, 6.45) is -1.82. The van der Waals surface area contributed by atoms with E-state index < -0.39 is 11.7 Å². The third-order valence-corrected chi connectivity index (χ3v) is 4.28. The highest BCUT2D eigenvalue weighted by molar-refractivity contribution is 5.27. The lowest BCUT2D eigenvalue weighted by Crippen LogP contribution is -2.38. The maximum absolute atomic E-state index is 12.6. The molecule has 0 heterocycles. The molecule has 1 aromatic carbocycles. The fourth-order valence-corrected chi connectivity index (χ4v) is 2.63. The minimum Gasteiger partial charge on any atom is -0.329 e. The van der Waals surface area contributed by atoms with E-state index in [1.807, 2.05) is 7.05 Å². The number of nitrogens with two attached hydrogens (primary N) is 1. The van der Waals surface area contributed by atoms with Crippen molar-refractivity contribution in [2.24, 2.45) is 11.7 Å². The monoisotopic (exact) mass is 286 g/mol. The van der Waals surface area contributed by atoms with E-state index in [4.69, 9.17) is 5.73 Å². The zero-order valence-corrected chi connectivity index (χ0v) is 11.8. The molecule has 2 atom stereocenters. The van der Waals surface area contributed by atoms with Gasteiger partial charge in [-0.15, -0.1) is 0 Å². The summed E-state index contributed by atoms with van der Waals surface area (Å²) in [5.41, 5.74) is 6.05. The second kappa shape index (κ2) is 5.74. The van der Waals surface area contributed by atoms with Gasteiger partial charge in [0.1, 0.15) is 0 Å². The van der Waals surface area contributed by atoms with Crippen LogP contribution < -0.4 is 5.73 Å². The number of likely N-dealkylation sites (N-methyl/N-ethyl adjacent to an activating group) is 1. The maximum Gasteiger partial charge on any atom is 0.416 e. The maximum atomic E-state index is 12.6. The summed E-state index contributed by atoms with van der Waals surface area (Å²) in [7, 11) is 2.00. The van der Waals surface area contributed by atoms with Gasteiger partial charge in [-0.3, -0.25) is 4.90 Å². The van der Waals surface area contributed by atoms with Crippen LogP contribution in [0.3, 0.4) is 0 Å². The van der Waals surface area contributed by atoms with Gasteiger partial charge in [-0.2, -0.15) is 13.2 Å². The molecule has 0 radical (unpaired) electrons. The molecule has 20 heavy (non-hydrogen) atoms. The first-order valence-electron chi connectivity index (χ1n) is 6.93. The minimum absolute atomic E-state index is 0.0344. The van der Waals surface area contributed by atoms with E-state index in [1.165, 1.54) is 25.0 Å². The molecule has 2 rings (SSSR count). The predicted molar refractivity (Wildman–Crippen MR) is 73.2 cm³/mol. The Kier molecular flexibility index (Phi) is 4.39. The topological polar surface area (TPSA) is 29.3 Å². The third-order valence-electron chi connectivity index (χ3n) is 4.28. The lowest BCUT2D eigenvalue weighted by Gasteiger charge is -2.33. The first-order valence-corrected chi connectivity index (χ1v) is 6.93. The molecule has 112 valence electrons. The SMILES string of the molecule is CC(C1CC1)N(C)C(CN)c1ccc(C(F)(F)F)cc1. The van der Waals surface area contributed by atoms with Crippen molar-refractivity contribution in [1.29, 1.82) is 0 Å². The molecule has 0 aromatic heterocycles. The average Bonchev–Trinajstić information content (AvgIpc) is 3.22. The Balaban J connectivity index is 2.14. The number of halogens is 3. The third kappa shape index (κ3) is 3.33. The van der Waals surface area contributed by atoms with E-state index in [2.05, 4.69) is 11.8 Å². The molecule has 1 fully saturated rings. The van der Waals surface area contributed by atoms with Crippen LogP contribution in [0.1, 0.15) is 36.9 Å². The van der Waals surface area contributed by atoms with Gasteiger partial charge in [0, 0.05) is 18.6 Å². The first kappa shape index (κ1) is 15.3. The van der Waals surface area contributed by atoms with Gasteiger partial charge in [0.05, 0.1) is 5.56 Å². The second-order valence-corrected chi connectivity index (χ2v) is 5.61. The number of rotatable bonds is 5. The van der Waals surface area contributed by atoms with Gasteiger partial charge in [0.15, 0.2) is 0 Å². The molecule has 0 bridgehead atoms. The van der Waals surface area contributed by atoms with Crippen LogP contribution in [-0.2, 0) is 6.18 Å². The number of hydrogen-bond acceptors (Lipinski definition) is 2. The van der Waals surface area contributed by atoms with Gasteiger partial charge in [-0.05, 0) is 50.4 Å². The first-order chi connectivity index (χ1) is 9.34. The standard InChI is InChI=1S/C15H21F3N2/c1-10(11-3-4-11)20(2)14(9-19)12-5-7-13(8-6-12)15(16,17)18/h5-8,10-11,14H,3-4,9,19H2,1-2H3. The van der Waals surface area contributed by atoms with Crippen molar-refractivity contribution < 1.29 is 13.2 Å². The zero-order chi connectivity index (χ0) is 14.9. The molecule has 1 aromatic rings. The number of nitrogens with zero attached hydrogens (tertiary/aromatic N) is 1. The largest absolute Gasteiger partial charge is 0.416 e. The van der Waals surface area contributed by atoms with Crippen molar-refractivity contribution in [2.75, 3.05) is 13.6 Å². The molecule has 0 aliphatic heterocycles. The molecule has 1 saturated carbocycles. The van der Waals surface area contributed by atoms with Crippen LogP contribution in [0.5, 0.6) is 0 Å².